The van der Waals surface area contributed by atoms with Gasteiger partial charge in [-0.25, -0.2) is 20.0 Å². The molecule has 8 rings (SSSR count). The van der Waals surface area contributed by atoms with Crippen LogP contribution in [-0.4, -0.2) is 22.8 Å². The van der Waals surface area contributed by atoms with Gasteiger partial charge in [0.05, 0.1) is 22.8 Å². The second-order valence-corrected chi connectivity index (χ2v) is 11.8. The van der Waals surface area contributed by atoms with Gasteiger partial charge in [-0.15, -0.1) is 0 Å². The van der Waals surface area contributed by atoms with Gasteiger partial charge in [0.15, 0.2) is 0 Å². The Labute approximate surface area is 275 Å². The van der Waals surface area contributed by atoms with Gasteiger partial charge in [0.25, 0.3) is 0 Å². The van der Waals surface area contributed by atoms with Crippen LogP contribution >= 0.6 is 0 Å². The first-order valence-electron chi connectivity index (χ1n) is 15.9. The van der Waals surface area contributed by atoms with Gasteiger partial charge in [-0.1, -0.05) is 176 Å². The fourth-order valence-corrected chi connectivity index (χ4v) is 6.68. The van der Waals surface area contributed by atoms with Crippen molar-refractivity contribution >= 4 is 22.8 Å². The molecule has 0 spiro atoms. The van der Waals surface area contributed by atoms with E-state index >= 15 is 0 Å². The van der Waals surface area contributed by atoms with Crippen LogP contribution in [0.25, 0.3) is 0 Å². The number of hydrogen-bond donors (Lipinski definition) is 0. The summed E-state index contributed by atoms with van der Waals surface area (Å²) in [5.41, 5.74) is 7.62. The molecule has 0 N–H and O–H groups in total. The Bertz CT molecular complexity index is 2060. The van der Waals surface area contributed by atoms with Crippen molar-refractivity contribution in [2.75, 3.05) is 0 Å². The SMILES string of the molecule is Cc1ccccc1C1(C2(c3ccccc3)N=C(c3ccccc3)C(c3ccccc3)=N2)N=C(c2ccccc2)C(c2ccccc2)=N1. The van der Waals surface area contributed by atoms with Gasteiger partial charge >= 0.3 is 0 Å². The Balaban J connectivity index is 1.54. The molecule has 6 aromatic carbocycles. The summed E-state index contributed by atoms with van der Waals surface area (Å²) in [7, 11) is 0. The fourth-order valence-electron chi connectivity index (χ4n) is 6.68. The third kappa shape index (κ3) is 4.77. The lowest BCUT2D eigenvalue weighted by molar-refractivity contribution is 0.256. The summed E-state index contributed by atoms with van der Waals surface area (Å²) in [6.45, 7) is 2.13. The van der Waals surface area contributed by atoms with Crippen molar-refractivity contribution in [1.29, 1.82) is 0 Å². The molecule has 2 aliphatic rings. The van der Waals surface area contributed by atoms with Crippen LogP contribution < -0.4 is 0 Å². The first-order valence-corrected chi connectivity index (χ1v) is 15.9. The molecule has 0 saturated heterocycles. The molecule has 4 nitrogen and oxygen atoms in total. The lowest BCUT2D eigenvalue weighted by Crippen LogP contribution is -2.43. The zero-order valence-electron chi connectivity index (χ0n) is 26.0. The third-order valence-corrected chi connectivity index (χ3v) is 8.92. The van der Waals surface area contributed by atoms with E-state index in [9.17, 15) is 0 Å². The highest BCUT2D eigenvalue weighted by Gasteiger charge is 2.60. The van der Waals surface area contributed by atoms with Crippen LogP contribution in [0.2, 0.25) is 0 Å². The maximum atomic E-state index is 5.76. The van der Waals surface area contributed by atoms with Crippen LogP contribution in [0.5, 0.6) is 0 Å². The number of benzene rings is 6. The molecule has 224 valence electrons. The molecule has 47 heavy (non-hydrogen) atoms. The number of aliphatic imine (C=N–C) groups is 4. The molecule has 0 saturated carbocycles. The van der Waals surface area contributed by atoms with Crippen LogP contribution in [0.1, 0.15) is 38.9 Å². The summed E-state index contributed by atoms with van der Waals surface area (Å²) in [4.78, 5) is 23.0. The number of rotatable bonds is 7. The van der Waals surface area contributed by atoms with E-state index in [1.54, 1.807) is 0 Å². The van der Waals surface area contributed by atoms with Crippen molar-refractivity contribution in [2.45, 2.75) is 18.2 Å². The topological polar surface area (TPSA) is 49.4 Å². The summed E-state index contributed by atoms with van der Waals surface area (Å²) < 4.78 is 0. The lowest BCUT2D eigenvalue weighted by atomic mass is 9.80. The molecule has 2 aliphatic heterocycles. The summed E-state index contributed by atoms with van der Waals surface area (Å²) in [5, 5.41) is 0. The minimum atomic E-state index is -1.27. The molecule has 0 radical (unpaired) electrons. The van der Waals surface area contributed by atoms with E-state index in [0.717, 1.165) is 61.8 Å². The smallest absolute Gasteiger partial charge is 0.226 e. The van der Waals surface area contributed by atoms with Crippen molar-refractivity contribution in [3.05, 3.63) is 215 Å². The second kappa shape index (κ2) is 11.7. The third-order valence-electron chi connectivity index (χ3n) is 8.92. The maximum Gasteiger partial charge on any atom is 0.226 e. The monoisotopic (exact) mass is 604 g/mol. The molecular weight excluding hydrogens is 573 g/mol. The first kappa shape index (κ1) is 28.5. The van der Waals surface area contributed by atoms with Crippen LogP contribution in [0, 0.1) is 6.92 Å². The molecule has 0 fully saturated rings. The number of nitrogens with zero attached hydrogens (tertiary/aromatic N) is 4. The van der Waals surface area contributed by atoms with Crippen molar-refractivity contribution in [2.24, 2.45) is 20.0 Å². The highest BCUT2D eigenvalue weighted by molar-refractivity contribution is 6.55. The molecular formula is C43H32N4. The van der Waals surface area contributed by atoms with E-state index in [1.807, 2.05) is 78.9 Å². The predicted octanol–water partition coefficient (Wildman–Crippen LogP) is 8.99. The number of hydrogen-bond acceptors (Lipinski definition) is 4. The zero-order chi connectivity index (χ0) is 31.7. The molecule has 6 aromatic rings. The predicted molar refractivity (Wildman–Crippen MR) is 193 cm³/mol. The van der Waals surface area contributed by atoms with Crippen molar-refractivity contribution in [3.8, 4) is 0 Å². The Morgan fingerprint density at radius 3 is 0.979 bits per heavy atom. The van der Waals surface area contributed by atoms with Crippen LogP contribution in [0.4, 0.5) is 0 Å². The molecule has 4 heteroatoms. The Kier molecular flexibility index (Phi) is 7.11. The fraction of sp³-hybridized carbons (Fsp3) is 0.0698. The molecule has 0 amide bonds. The first-order chi connectivity index (χ1) is 23.2. The normalized spacial score (nSPS) is 16.2. The average Bonchev–Trinajstić information content (AvgIpc) is 3.76. The molecule has 0 aliphatic carbocycles. The van der Waals surface area contributed by atoms with E-state index in [-0.39, 0.29) is 0 Å². The van der Waals surface area contributed by atoms with Crippen molar-refractivity contribution < 1.29 is 0 Å². The van der Waals surface area contributed by atoms with Gasteiger partial charge in [0.2, 0.25) is 11.3 Å². The van der Waals surface area contributed by atoms with E-state index in [2.05, 4.69) is 104 Å². The van der Waals surface area contributed by atoms with Crippen molar-refractivity contribution in [3.63, 3.8) is 0 Å². The van der Waals surface area contributed by atoms with Gasteiger partial charge in [-0.05, 0) is 12.5 Å². The van der Waals surface area contributed by atoms with E-state index in [0.29, 0.717) is 0 Å². The summed E-state index contributed by atoms with van der Waals surface area (Å²) in [6, 6.07) is 60.1. The lowest BCUT2D eigenvalue weighted by Gasteiger charge is -2.39. The minimum Gasteiger partial charge on any atom is -0.243 e. The highest BCUT2D eigenvalue weighted by atomic mass is 15.3. The van der Waals surface area contributed by atoms with Gasteiger partial charge < -0.3 is 0 Å². The van der Waals surface area contributed by atoms with E-state index in [4.69, 9.17) is 20.0 Å². The summed E-state index contributed by atoms with van der Waals surface area (Å²) >= 11 is 0. The average molecular weight is 605 g/mol. The molecule has 0 atom stereocenters. The zero-order valence-corrected chi connectivity index (χ0v) is 26.0. The quantitative estimate of drug-likeness (QED) is 0.175. The standard InChI is InChI=1S/C43H32N4/c1-31-19-17-18-30-37(31)43(46-40(34-24-11-4-12-25-34)41(47-43)35-26-13-5-14-27-35)42(36-28-15-6-16-29-36)44-38(32-20-7-2-8-21-32)39(45-42)33-22-9-3-10-23-33/h2-30H,1H3. The minimum absolute atomic E-state index is 0.813. The molecule has 0 bridgehead atoms. The second-order valence-electron chi connectivity index (χ2n) is 11.8. The van der Waals surface area contributed by atoms with E-state index in [1.165, 1.54) is 0 Å². The van der Waals surface area contributed by atoms with Gasteiger partial charge in [-0.2, -0.15) is 0 Å². The number of aryl methyl sites for hydroxylation is 1. The Morgan fingerprint density at radius 2 is 0.617 bits per heavy atom. The van der Waals surface area contributed by atoms with Gasteiger partial charge in [-0.3, -0.25) is 0 Å². The van der Waals surface area contributed by atoms with Crippen LogP contribution in [0.15, 0.2) is 196 Å². The van der Waals surface area contributed by atoms with E-state index < -0.39 is 11.3 Å². The summed E-state index contributed by atoms with van der Waals surface area (Å²) in [6.07, 6.45) is 0. The van der Waals surface area contributed by atoms with Crippen molar-refractivity contribution in [1.82, 2.24) is 0 Å². The van der Waals surface area contributed by atoms with Gasteiger partial charge in [0.1, 0.15) is 0 Å². The van der Waals surface area contributed by atoms with Gasteiger partial charge in [0, 0.05) is 33.4 Å². The highest BCUT2D eigenvalue weighted by Crippen LogP contribution is 2.55. The summed E-state index contributed by atoms with van der Waals surface area (Å²) in [5.74, 6) is 0. The largest absolute Gasteiger partial charge is 0.243 e. The maximum absolute atomic E-state index is 5.76. The Morgan fingerprint density at radius 1 is 0.319 bits per heavy atom. The van der Waals surface area contributed by atoms with Crippen LogP contribution in [0.3, 0.4) is 0 Å². The molecule has 0 aromatic heterocycles. The van der Waals surface area contributed by atoms with Crippen LogP contribution in [-0.2, 0) is 11.3 Å². The Hall–Kier alpha value is -6.00. The molecule has 2 heterocycles. The molecule has 0 unspecified atom stereocenters.